The van der Waals surface area contributed by atoms with E-state index in [2.05, 4.69) is 20.7 Å². The van der Waals surface area contributed by atoms with Gasteiger partial charge in [0.25, 0.3) is 10.7 Å². The molecular weight excluding hydrogens is 318 g/mol. The second-order valence-electron chi connectivity index (χ2n) is 4.76. The summed E-state index contributed by atoms with van der Waals surface area (Å²) in [5.41, 5.74) is 0.790. The summed E-state index contributed by atoms with van der Waals surface area (Å²) in [5.74, 6) is 0.154. The number of benzene rings is 1. The number of ether oxygens (including phenoxy) is 1. The third-order valence-electron chi connectivity index (χ3n) is 3.26. The summed E-state index contributed by atoms with van der Waals surface area (Å²) in [5, 5.41) is 22.8. The fourth-order valence-corrected chi connectivity index (χ4v) is 2.84. The van der Waals surface area contributed by atoms with Crippen LogP contribution in [-0.2, 0) is 4.74 Å². The highest BCUT2D eigenvalue weighted by Gasteiger charge is 2.23. The van der Waals surface area contributed by atoms with Crippen molar-refractivity contribution >= 4 is 28.7 Å². The van der Waals surface area contributed by atoms with Gasteiger partial charge in [-0.25, -0.2) is 0 Å². The molecular formula is C14H15N5O3S. The van der Waals surface area contributed by atoms with Gasteiger partial charge < -0.3 is 20.2 Å². The average Bonchev–Trinajstić information content (AvgIpc) is 2.63. The first-order valence-electron chi connectivity index (χ1n) is 7.03. The Morgan fingerprint density at radius 1 is 1.26 bits per heavy atom. The molecule has 23 heavy (non-hydrogen) atoms. The van der Waals surface area contributed by atoms with Gasteiger partial charge in [-0.1, -0.05) is 34.7 Å². The molecule has 1 saturated heterocycles. The van der Waals surface area contributed by atoms with Crippen LogP contribution in [0.1, 0.15) is 9.67 Å². The molecule has 0 aliphatic carbocycles. The molecule has 2 N–H and O–H groups in total. The zero-order valence-electron chi connectivity index (χ0n) is 12.2. The second kappa shape index (κ2) is 7.16. The molecule has 0 saturated carbocycles. The van der Waals surface area contributed by atoms with Crippen molar-refractivity contribution in [3.63, 3.8) is 0 Å². The van der Waals surface area contributed by atoms with Crippen molar-refractivity contribution in [3.05, 3.63) is 40.0 Å². The maximum atomic E-state index is 12.7. The van der Waals surface area contributed by atoms with E-state index < -0.39 is 0 Å². The van der Waals surface area contributed by atoms with Gasteiger partial charge in [-0.05, 0) is 12.1 Å². The van der Waals surface area contributed by atoms with Crippen molar-refractivity contribution in [1.82, 2.24) is 15.1 Å². The van der Waals surface area contributed by atoms with E-state index in [9.17, 15) is 4.79 Å². The van der Waals surface area contributed by atoms with E-state index in [-0.39, 0.29) is 10.7 Å². The highest BCUT2D eigenvalue weighted by Crippen LogP contribution is 2.21. The smallest absolute Gasteiger partial charge is 0.268 e. The van der Waals surface area contributed by atoms with Crippen molar-refractivity contribution in [3.8, 4) is 0 Å². The minimum atomic E-state index is -0.184. The predicted octanol–water partition coefficient (Wildman–Crippen LogP) is 1.04. The van der Waals surface area contributed by atoms with E-state index in [1.54, 1.807) is 4.90 Å². The molecule has 0 atom stereocenters. The highest BCUT2D eigenvalue weighted by molar-refractivity contribution is 7.11. The molecule has 0 unspecified atom stereocenters. The fourth-order valence-electron chi connectivity index (χ4n) is 2.13. The molecule has 1 fully saturated rings. The molecule has 8 nitrogen and oxygen atoms in total. The predicted molar refractivity (Wildman–Crippen MR) is 83.7 cm³/mol. The molecule has 1 aliphatic heterocycles. The van der Waals surface area contributed by atoms with Crippen molar-refractivity contribution in [2.24, 2.45) is 5.16 Å². The number of amides is 1. The Labute approximate surface area is 136 Å². The monoisotopic (exact) mass is 333 g/mol. The van der Waals surface area contributed by atoms with Crippen molar-refractivity contribution in [2.45, 2.75) is 0 Å². The lowest BCUT2D eigenvalue weighted by atomic mass is 10.3. The number of hydrogen-bond acceptors (Lipinski definition) is 8. The van der Waals surface area contributed by atoms with Crippen LogP contribution in [0.15, 0.2) is 35.5 Å². The molecule has 1 aromatic carbocycles. The van der Waals surface area contributed by atoms with Gasteiger partial charge in [-0.2, -0.15) is 0 Å². The van der Waals surface area contributed by atoms with E-state index in [1.165, 1.54) is 0 Å². The summed E-state index contributed by atoms with van der Waals surface area (Å²) in [6.07, 6.45) is 0. The number of hydrogen-bond donors (Lipinski definition) is 2. The molecule has 120 valence electrons. The minimum Gasteiger partial charge on any atom is -0.408 e. The van der Waals surface area contributed by atoms with E-state index in [1.807, 2.05) is 30.3 Å². The summed E-state index contributed by atoms with van der Waals surface area (Å²) in [4.78, 5) is 14.8. The summed E-state index contributed by atoms with van der Waals surface area (Å²) >= 11 is 0.985. The zero-order chi connectivity index (χ0) is 16.1. The Balaban J connectivity index is 1.94. The number of morpholine rings is 1. The molecule has 9 heteroatoms. The molecule has 1 aliphatic rings. The van der Waals surface area contributed by atoms with Gasteiger partial charge in [0, 0.05) is 18.8 Å². The Morgan fingerprint density at radius 3 is 2.70 bits per heavy atom. The second-order valence-corrected chi connectivity index (χ2v) is 5.74. The summed E-state index contributed by atoms with van der Waals surface area (Å²) in [6.45, 7) is 2.05. The first kappa shape index (κ1) is 15.4. The van der Waals surface area contributed by atoms with E-state index in [0.717, 1.165) is 17.0 Å². The van der Waals surface area contributed by atoms with Gasteiger partial charge in [0.1, 0.15) is 4.88 Å². The Morgan fingerprint density at radius 2 is 2.00 bits per heavy atom. The lowest BCUT2D eigenvalue weighted by molar-refractivity contribution is 0.0306. The van der Waals surface area contributed by atoms with Crippen LogP contribution in [0.5, 0.6) is 0 Å². The maximum Gasteiger partial charge on any atom is 0.268 e. The van der Waals surface area contributed by atoms with Gasteiger partial charge in [0.15, 0.2) is 5.82 Å². The molecule has 2 aromatic rings. The SMILES string of the molecule is O=C(c1s/c(=N/O)nnc1Nc1ccccc1)N1CCOCC1. The topological polar surface area (TPSA) is 99.9 Å². The maximum absolute atomic E-state index is 12.7. The molecule has 3 rings (SSSR count). The van der Waals surface area contributed by atoms with E-state index >= 15 is 0 Å². The first-order chi connectivity index (χ1) is 11.3. The molecule has 1 amide bonds. The standard InChI is InChI=1S/C14H15N5O3S/c20-13(19-6-8-22-9-7-19)11-12(16-17-14(18-21)23-11)15-10-4-2-1-3-5-10/h1-5,15,21H,6-9H2/b18-14+. The molecule has 0 spiro atoms. The number of para-hydroxylation sites is 1. The minimum absolute atomic E-state index is 0.0280. The van der Waals surface area contributed by atoms with Crippen LogP contribution < -0.4 is 10.1 Å². The Kier molecular flexibility index (Phi) is 4.79. The quantitative estimate of drug-likeness (QED) is 0.643. The van der Waals surface area contributed by atoms with Gasteiger partial charge in [-0.15, -0.1) is 10.2 Å². The highest BCUT2D eigenvalue weighted by atomic mass is 32.1. The molecule has 0 bridgehead atoms. The normalized spacial score (nSPS) is 15.5. The van der Waals surface area contributed by atoms with Crippen LogP contribution in [0.2, 0.25) is 0 Å². The third kappa shape index (κ3) is 3.63. The number of nitrogens with one attached hydrogen (secondary N) is 1. The van der Waals surface area contributed by atoms with Crippen LogP contribution >= 0.6 is 11.3 Å². The van der Waals surface area contributed by atoms with E-state index in [0.29, 0.717) is 37.0 Å². The average molecular weight is 333 g/mol. The third-order valence-corrected chi connectivity index (χ3v) is 4.18. The van der Waals surface area contributed by atoms with Gasteiger partial charge in [-0.3, -0.25) is 4.79 Å². The van der Waals surface area contributed by atoms with Crippen molar-refractivity contribution < 1.29 is 14.7 Å². The van der Waals surface area contributed by atoms with E-state index in [4.69, 9.17) is 9.94 Å². The molecule has 2 heterocycles. The number of carbonyl (C=O) groups excluding carboxylic acids is 1. The number of rotatable bonds is 3. The van der Waals surface area contributed by atoms with Crippen LogP contribution in [0.25, 0.3) is 0 Å². The Hall–Kier alpha value is -2.52. The summed E-state index contributed by atoms with van der Waals surface area (Å²) in [6, 6.07) is 9.37. The number of carbonyl (C=O) groups is 1. The largest absolute Gasteiger partial charge is 0.408 e. The van der Waals surface area contributed by atoms with Crippen LogP contribution in [0, 0.1) is 0 Å². The lowest BCUT2D eigenvalue weighted by Crippen LogP contribution is -2.41. The lowest BCUT2D eigenvalue weighted by Gasteiger charge is -2.26. The van der Waals surface area contributed by atoms with Crippen LogP contribution in [0.4, 0.5) is 11.5 Å². The molecule has 0 radical (unpaired) electrons. The van der Waals surface area contributed by atoms with Crippen LogP contribution in [-0.4, -0.2) is 52.5 Å². The fraction of sp³-hybridized carbons (Fsp3) is 0.286. The molecule has 1 aromatic heterocycles. The number of anilines is 2. The van der Waals surface area contributed by atoms with Gasteiger partial charge in [0.2, 0.25) is 0 Å². The van der Waals surface area contributed by atoms with Gasteiger partial charge >= 0.3 is 0 Å². The van der Waals surface area contributed by atoms with Crippen molar-refractivity contribution in [1.29, 1.82) is 0 Å². The zero-order valence-corrected chi connectivity index (χ0v) is 13.0. The van der Waals surface area contributed by atoms with Crippen molar-refractivity contribution in [2.75, 3.05) is 31.6 Å². The number of nitrogens with zero attached hydrogens (tertiary/aromatic N) is 4. The Bertz CT molecular complexity index is 744. The summed E-state index contributed by atoms with van der Waals surface area (Å²) < 4.78 is 5.26. The van der Waals surface area contributed by atoms with Crippen LogP contribution in [0.3, 0.4) is 0 Å². The van der Waals surface area contributed by atoms with Gasteiger partial charge in [0.05, 0.1) is 13.2 Å². The first-order valence-corrected chi connectivity index (χ1v) is 7.84. The number of aromatic nitrogens is 2. The summed E-state index contributed by atoms with van der Waals surface area (Å²) in [7, 11) is 0.